The topological polar surface area (TPSA) is 69.2 Å². The molecular weight excluding hydrogens is 420 g/mol. The molecule has 3 aromatic rings. The normalized spacial score (nSPS) is 13.7. The summed E-state index contributed by atoms with van der Waals surface area (Å²) in [6.45, 7) is 6.79. The molecule has 1 unspecified atom stereocenters. The van der Waals surface area contributed by atoms with Gasteiger partial charge in [-0.1, -0.05) is 0 Å². The van der Waals surface area contributed by atoms with Crippen molar-refractivity contribution in [3.8, 4) is 23.3 Å². The van der Waals surface area contributed by atoms with Gasteiger partial charge in [-0.3, -0.25) is 0 Å². The van der Waals surface area contributed by atoms with Crippen LogP contribution in [0.5, 0.6) is 23.3 Å². The molecule has 1 aromatic carbocycles. The maximum absolute atomic E-state index is 6.27. The van der Waals surface area contributed by atoms with Crippen molar-refractivity contribution in [2.24, 2.45) is 0 Å². The van der Waals surface area contributed by atoms with Gasteiger partial charge >= 0.3 is 0 Å². The monoisotopic (exact) mass is 447 g/mol. The highest BCUT2D eigenvalue weighted by Gasteiger charge is 2.21. The first-order chi connectivity index (χ1) is 16.0. The van der Waals surface area contributed by atoms with Crippen LogP contribution in [0.1, 0.15) is 24.2 Å². The Bertz CT molecular complexity index is 1120. The number of hydrogen-bond donors (Lipinski definition) is 0. The highest BCUT2D eigenvalue weighted by atomic mass is 16.5. The molecule has 1 aliphatic heterocycles. The van der Waals surface area contributed by atoms with Gasteiger partial charge in [-0.05, 0) is 37.6 Å². The molecule has 33 heavy (non-hydrogen) atoms. The molecule has 0 amide bonds. The molecule has 0 saturated heterocycles. The van der Waals surface area contributed by atoms with Crippen LogP contribution in [0.2, 0.25) is 0 Å². The van der Waals surface area contributed by atoms with E-state index in [-0.39, 0.29) is 6.10 Å². The molecule has 0 bridgehead atoms. The van der Waals surface area contributed by atoms with Gasteiger partial charge in [0.2, 0.25) is 11.8 Å². The Morgan fingerprint density at radius 3 is 2.15 bits per heavy atom. The van der Waals surface area contributed by atoms with E-state index in [1.165, 1.54) is 0 Å². The summed E-state index contributed by atoms with van der Waals surface area (Å²) in [5, 5.41) is 0. The fourth-order valence-corrected chi connectivity index (χ4v) is 3.53. The van der Waals surface area contributed by atoms with E-state index in [0.29, 0.717) is 29.9 Å². The van der Waals surface area contributed by atoms with Crippen molar-refractivity contribution in [3.63, 3.8) is 0 Å². The van der Waals surface area contributed by atoms with Crippen molar-refractivity contribution in [2.45, 2.75) is 13.0 Å². The minimum atomic E-state index is -0.239. The first kappa shape index (κ1) is 22.3. The number of hydrogen-bond acceptors (Lipinski definition) is 8. The molecule has 4 rings (SSSR count). The Balaban J connectivity index is 1.54. The molecular formula is C25H27N4O4. The number of rotatable bonds is 8. The molecule has 0 spiro atoms. The lowest BCUT2D eigenvalue weighted by Gasteiger charge is -2.25. The lowest BCUT2D eigenvalue weighted by atomic mass is 10.1. The third kappa shape index (κ3) is 4.79. The van der Waals surface area contributed by atoms with Crippen molar-refractivity contribution in [1.29, 1.82) is 0 Å². The van der Waals surface area contributed by atoms with Gasteiger partial charge in [0.25, 0.3) is 0 Å². The Hall–Kier alpha value is -3.94. The zero-order valence-corrected chi connectivity index (χ0v) is 19.2. The molecule has 1 aliphatic rings. The summed E-state index contributed by atoms with van der Waals surface area (Å²) in [5.74, 6) is 2.39. The van der Waals surface area contributed by atoms with E-state index in [1.54, 1.807) is 33.7 Å². The maximum Gasteiger partial charge on any atom is 0.213 e. The number of anilines is 2. The Labute approximate surface area is 194 Å². The van der Waals surface area contributed by atoms with Crippen LogP contribution in [-0.2, 0) is 0 Å². The van der Waals surface area contributed by atoms with Crippen molar-refractivity contribution in [1.82, 2.24) is 9.97 Å². The summed E-state index contributed by atoms with van der Waals surface area (Å²) in [7, 11) is 4.81. The van der Waals surface area contributed by atoms with Crippen LogP contribution in [0.25, 0.3) is 0 Å². The van der Waals surface area contributed by atoms with E-state index in [4.69, 9.17) is 18.9 Å². The minimum absolute atomic E-state index is 0.239. The average molecular weight is 448 g/mol. The summed E-state index contributed by atoms with van der Waals surface area (Å²) in [4.78, 5) is 12.7. The van der Waals surface area contributed by atoms with Crippen molar-refractivity contribution < 1.29 is 18.9 Å². The van der Waals surface area contributed by atoms with Gasteiger partial charge in [0.1, 0.15) is 6.10 Å². The van der Waals surface area contributed by atoms with E-state index in [2.05, 4.69) is 26.7 Å². The smallest absolute Gasteiger partial charge is 0.213 e. The molecule has 8 heteroatoms. The Morgan fingerprint density at radius 1 is 0.848 bits per heavy atom. The quantitative estimate of drug-likeness (QED) is 0.497. The zero-order chi connectivity index (χ0) is 23.4. The number of nitrogens with zero attached hydrogens (tertiary/aromatic N) is 4. The highest BCUT2D eigenvalue weighted by molar-refractivity contribution is 5.67. The first-order valence-corrected chi connectivity index (χ1v) is 10.4. The fraction of sp³-hybridized carbons (Fsp3) is 0.240. The van der Waals surface area contributed by atoms with Crippen molar-refractivity contribution >= 4 is 11.4 Å². The third-order valence-corrected chi connectivity index (χ3v) is 5.41. The molecule has 0 N–H and O–H groups in total. The number of ether oxygens (including phenoxy) is 4. The molecule has 0 saturated carbocycles. The Kier molecular flexibility index (Phi) is 6.53. The number of benzene rings is 1. The standard InChI is InChI=1S/C25H27N4O4/c1-17-12-22(30-3)23(33-18(2)19-6-8-24(31-4)26-14-19)13-21(17)29-11-10-28(16-29)20-7-9-25(32-5)27-15-20/h6-15,18H,1,16H2,2-5H3. The van der Waals surface area contributed by atoms with E-state index in [1.807, 2.05) is 55.7 Å². The third-order valence-electron chi connectivity index (χ3n) is 5.41. The van der Waals surface area contributed by atoms with Gasteiger partial charge in [-0.25, -0.2) is 9.97 Å². The van der Waals surface area contributed by atoms with Gasteiger partial charge in [-0.15, -0.1) is 0 Å². The number of aromatic nitrogens is 2. The predicted octanol–water partition coefficient (Wildman–Crippen LogP) is 4.58. The second-order valence-corrected chi connectivity index (χ2v) is 7.46. The van der Waals surface area contributed by atoms with Gasteiger partial charge in [0, 0.05) is 48.0 Å². The van der Waals surface area contributed by atoms with Crippen molar-refractivity contribution in [3.05, 3.63) is 79.2 Å². The second kappa shape index (κ2) is 9.68. The second-order valence-electron chi connectivity index (χ2n) is 7.46. The molecule has 1 atom stereocenters. The number of methoxy groups -OCH3 is 3. The Morgan fingerprint density at radius 2 is 1.55 bits per heavy atom. The fourth-order valence-electron chi connectivity index (χ4n) is 3.53. The van der Waals surface area contributed by atoms with Crippen LogP contribution in [0.3, 0.4) is 0 Å². The zero-order valence-electron chi connectivity index (χ0n) is 19.2. The van der Waals surface area contributed by atoms with E-state index in [9.17, 15) is 0 Å². The van der Waals surface area contributed by atoms with Crippen LogP contribution in [0.15, 0.2) is 61.2 Å². The molecule has 0 aliphatic carbocycles. The van der Waals surface area contributed by atoms with Crippen LogP contribution in [0.4, 0.5) is 11.4 Å². The molecule has 1 radical (unpaired) electrons. The van der Waals surface area contributed by atoms with E-state index in [0.717, 1.165) is 22.5 Å². The summed E-state index contributed by atoms with van der Waals surface area (Å²) in [6.07, 6.45) is 7.29. The molecule has 0 fully saturated rings. The van der Waals surface area contributed by atoms with Crippen LogP contribution in [-0.4, -0.2) is 38.0 Å². The van der Waals surface area contributed by atoms with Gasteiger partial charge < -0.3 is 28.7 Å². The van der Waals surface area contributed by atoms with E-state index < -0.39 is 0 Å². The van der Waals surface area contributed by atoms with Crippen molar-refractivity contribution in [2.75, 3.05) is 37.8 Å². The predicted molar refractivity (Wildman–Crippen MR) is 127 cm³/mol. The summed E-state index contributed by atoms with van der Waals surface area (Å²) in [6, 6.07) is 11.4. The molecule has 171 valence electrons. The number of pyridine rings is 2. The lowest BCUT2D eigenvalue weighted by molar-refractivity contribution is 0.215. The summed E-state index contributed by atoms with van der Waals surface area (Å²) in [5.41, 5.74) is 3.64. The first-order valence-electron chi connectivity index (χ1n) is 10.4. The van der Waals surface area contributed by atoms with Gasteiger partial charge in [-0.2, -0.15) is 0 Å². The minimum Gasteiger partial charge on any atom is -0.493 e. The molecule has 8 nitrogen and oxygen atoms in total. The molecule has 2 aromatic heterocycles. The molecule has 3 heterocycles. The SMILES string of the molecule is [CH2]c1cc(OC)c(OC(C)c2ccc(OC)nc2)cc1N1C=CN(c2ccc(OC)nc2)C1. The lowest BCUT2D eigenvalue weighted by Crippen LogP contribution is -2.25. The summed E-state index contributed by atoms with van der Waals surface area (Å²) < 4.78 is 22.1. The van der Waals surface area contributed by atoms with Crippen LogP contribution >= 0.6 is 0 Å². The van der Waals surface area contributed by atoms with Gasteiger partial charge in [0.15, 0.2) is 11.5 Å². The maximum atomic E-state index is 6.27. The average Bonchev–Trinajstić information content (AvgIpc) is 3.35. The van der Waals surface area contributed by atoms with Gasteiger partial charge in [0.05, 0.1) is 39.9 Å². The summed E-state index contributed by atoms with van der Waals surface area (Å²) >= 11 is 0. The van der Waals surface area contributed by atoms with Crippen LogP contribution < -0.4 is 28.7 Å². The highest BCUT2D eigenvalue weighted by Crippen LogP contribution is 2.38. The van der Waals surface area contributed by atoms with Crippen LogP contribution in [0, 0.1) is 6.92 Å². The van der Waals surface area contributed by atoms with E-state index >= 15 is 0 Å². The largest absolute Gasteiger partial charge is 0.493 e.